The van der Waals surface area contributed by atoms with E-state index < -0.39 is 42.1 Å². The highest BCUT2D eigenvalue weighted by molar-refractivity contribution is 6.10. The molecule has 0 saturated carbocycles. The van der Waals surface area contributed by atoms with Crippen LogP contribution in [0.15, 0.2) is 47.7 Å². The fourth-order valence-electron chi connectivity index (χ4n) is 4.36. The van der Waals surface area contributed by atoms with Gasteiger partial charge in [-0.15, -0.1) is 0 Å². The van der Waals surface area contributed by atoms with Crippen LogP contribution >= 0.6 is 0 Å². The standard InChI is InChI=1S/C28H31NO10/c1-13(2)4-5-14-10-15(6-8-18(14)30)27(36)29-22-19(31)11-17-16(23(22)33)7-9-21(26(17)37-3)39-28-25(35)24(34)20(32)12-38-28/h4,6-10,20,24-25,28,30,32-35H,5,11-12H2,1-3H3,(H,29,36)/t20-,24-,25?,28-/m0/s1. The quantitative estimate of drug-likeness (QED) is 0.282. The fourth-order valence-corrected chi connectivity index (χ4v) is 4.36. The van der Waals surface area contributed by atoms with Crippen LogP contribution in [0, 0.1) is 0 Å². The number of ether oxygens (including phenoxy) is 3. The van der Waals surface area contributed by atoms with Gasteiger partial charge in [-0.25, -0.2) is 0 Å². The normalized spacial score (nSPS) is 22.7. The molecule has 1 fully saturated rings. The SMILES string of the molecule is COc1c(O[C@@H]2OC[C@H](O)[C@H](O)C2O)ccc2c1CC(=O)C(NC(=O)c1ccc(O)c(CC=C(C)C)c1)=C2O. The van der Waals surface area contributed by atoms with Crippen LogP contribution in [0.3, 0.4) is 0 Å². The van der Waals surface area contributed by atoms with Gasteiger partial charge < -0.3 is 45.1 Å². The molecule has 0 aromatic heterocycles. The Hall–Kier alpha value is -3.90. The Bertz CT molecular complexity index is 1340. The lowest BCUT2D eigenvalue weighted by Gasteiger charge is -2.35. The van der Waals surface area contributed by atoms with Gasteiger partial charge in [-0.3, -0.25) is 9.59 Å². The third kappa shape index (κ3) is 5.76. The van der Waals surface area contributed by atoms with E-state index in [1.54, 1.807) is 0 Å². The highest BCUT2D eigenvalue weighted by Crippen LogP contribution is 2.40. The van der Waals surface area contributed by atoms with Crippen molar-refractivity contribution in [3.05, 3.63) is 69.9 Å². The molecule has 2 aliphatic rings. The van der Waals surface area contributed by atoms with E-state index in [2.05, 4.69) is 5.32 Å². The first kappa shape index (κ1) is 28.1. The summed E-state index contributed by atoms with van der Waals surface area (Å²) < 4.78 is 16.4. The number of carbonyl (C=O) groups is 2. The highest BCUT2D eigenvalue weighted by Gasteiger charge is 2.40. The number of hydrogen-bond donors (Lipinski definition) is 6. The first-order valence-corrected chi connectivity index (χ1v) is 12.3. The number of rotatable bonds is 7. The summed E-state index contributed by atoms with van der Waals surface area (Å²) in [5.41, 5.74) is 2.01. The number of allylic oxidation sites excluding steroid dienone is 3. The third-order valence-electron chi connectivity index (χ3n) is 6.54. The van der Waals surface area contributed by atoms with Gasteiger partial charge in [0.25, 0.3) is 5.91 Å². The molecular weight excluding hydrogens is 510 g/mol. The molecule has 11 nitrogen and oxygen atoms in total. The summed E-state index contributed by atoms with van der Waals surface area (Å²) in [6.07, 6.45) is -3.54. The van der Waals surface area contributed by atoms with Crippen molar-refractivity contribution >= 4 is 17.4 Å². The van der Waals surface area contributed by atoms with Crippen LogP contribution in [0.4, 0.5) is 0 Å². The fraction of sp³-hybridized carbons (Fsp3) is 0.357. The lowest BCUT2D eigenvalue weighted by Crippen LogP contribution is -2.54. The Kier molecular flexibility index (Phi) is 8.26. The smallest absolute Gasteiger partial charge is 0.255 e. The molecule has 11 heteroatoms. The van der Waals surface area contributed by atoms with E-state index in [1.165, 1.54) is 37.4 Å². The molecule has 1 heterocycles. The molecule has 1 aliphatic carbocycles. The van der Waals surface area contributed by atoms with Crippen molar-refractivity contribution in [3.8, 4) is 17.2 Å². The van der Waals surface area contributed by atoms with Crippen molar-refractivity contribution in [2.24, 2.45) is 0 Å². The summed E-state index contributed by atoms with van der Waals surface area (Å²) in [5, 5.41) is 53.3. The average Bonchev–Trinajstić information content (AvgIpc) is 2.90. The van der Waals surface area contributed by atoms with Crippen LogP contribution in [-0.2, 0) is 22.4 Å². The Balaban J connectivity index is 1.60. The zero-order valence-corrected chi connectivity index (χ0v) is 21.7. The lowest BCUT2D eigenvalue weighted by atomic mass is 9.91. The van der Waals surface area contributed by atoms with Gasteiger partial charge >= 0.3 is 0 Å². The second kappa shape index (κ2) is 11.5. The maximum Gasteiger partial charge on any atom is 0.255 e. The summed E-state index contributed by atoms with van der Waals surface area (Å²) in [6, 6.07) is 7.22. The molecule has 0 spiro atoms. The van der Waals surface area contributed by atoms with Crippen molar-refractivity contribution in [3.63, 3.8) is 0 Å². The van der Waals surface area contributed by atoms with E-state index in [9.17, 15) is 35.1 Å². The van der Waals surface area contributed by atoms with Crippen molar-refractivity contribution in [2.75, 3.05) is 13.7 Å². The van der Waals surface area contributed by atoms with Crippen LogP contribution in [0.5, 0.6) is 17.2 Å². The predicted octanol–water partition coefficient (Wildman–Crippen LogP) is 1.51. The molecule has 0 bridgehead atoms. The number of aliphatic hydroxyl groups is 4. The molecule has 1 aliphatic heterocycles. The van der Waals surface area contributed by atoms with E-state index in [1.807, 2.05) is 19.9 Å². The molecule has 208 valence electrons. The number of phenolic OH excluding ortho intramolecular Hbond substituents is 1. The lowest BCUT2D eigenvalue weighted by molar-refractivity contribution is -0.242. The third-order valence-corrected chi connectivity index (χ3v) is 6.54. The minimum Gasteiger partial charge on any atom is -0.508 e. The Morgan fingerprint density at radius 1 is 1.13 bits per heavy atom. The van der Waals surface area contributed by atoms with Crippen LogP contribution in [0.2, 0.25) is 0 Å². The molecule has 0 radical (unpaired) electrons. The van der Waals surface area contributed by atoms with Gasteiger partial charge in [0, 0.05) is 23.1 Å². The van der Waals surface area contributed by atoms with Crippen LogP contribution < -0.4 is 14.8 Å². The zero-order valence-electron chi connectivity index (χ0n) is 21.7. The highest BCUT2D eigenvalue weighted by atomic mass is 16.7. The van der Waals surface area contributed by atoms with E-state index in [0.717, 1.165) is 5.57 Å². The zero-order chi connectivity index (χ0) is 28.4. The van der Waals surface area contributed by atoms with E-state index in [4.69, 9.17) is 14.2 Å². The van der Waals surface area contributed by atoms with Crippen LogP contribution in [0.25, 0.3) is 5.76 Å². The molecule has 2 aromatic carbocycles. The predicted molar refractivity (Wildman–Crippen MR) is 138 cm³/mol. The summed E-state index contributed by atoms with van der Waals surface area (Å²) >= 11 is 0. The van der Waals surface area contributed by atoms with E-state index >= 15 is 0 Å². The Morgan fingerprint density at radius 3 is 2.56 bits per heavy atom. The average molecular weight is 542 g/mol. The molecule has 1 amide bonds. The molecule has 4 rings (SSSR count). The van der Waals surface area contributed by atoms with Gasteiger partial charge in [0.1, 0.15) is 35.5 Å². The Labute approximate surface area is 224 Å². The van der Waals surface area contributed by atoms with Crippen LogP contribution in [-0.4, -0.2) is 75.5 Å². The topological polar surface area (TPSA) is 175 Å². The number of hydrogen-bond acceptors (Lipinski definition) is 10. The number of methoxy groups -OCH3 is 1. The van der Waals surface area contributed by atoms with Gasteiger partial charge in [0.2, 0.25) is 6.29 Å². The molecule has 1 saturated heterocycles. The van der Waals surface area contributed by atoms with Crippen molar-refractivity contribution < 1.29 is 49.3 Å². The number of nitrogens with one attached hydrogen (secondary N) is 1. The number of aliphatic hydroxyl groups excluding tert-OH is 4. The molecule has 39 heavy (non-hydrogen) atoms. The number of aromatic hydroxyl groups is 1. The number of fused-ring (bicyclic) bond motifs is 1. The molecule has 4 atom stereocenters. The maximum atomic E-state index is 13.0. The molecule has 1 unspecified atom stereocenters. The van der Waals surface area contributed by atoms with Gasteiger partial charge in [-0.1, -0.05) is 11.6 Å². The first-order valence-electron chi connectivity index (χ1n) is 12.3. The molecular formula is C28H31NO10. The number of phenols is 1. The van der Waals surface area contributed by atoms with Gasteiger partial charge in [-0.05, 0) is 56.2 Å². The van der Waals surface area contributed by atoms with E-state index in [-0.39, 0.29) is 52.7 Å². The maximum absolute atomic E-state index is 13.0. The number of ketones is 1. The Morgan fingerprint density at radius 2 is 1.87 bits per heavy atom. The minimum atomic E-state index is -1.55. The van der Waals surface area contributed by atoms with Gasteiger partial charge in [0.15, 0.2) is 17.3 Å². The summed E-state index contributed by atoms with van der Waals surface area (Å²) in [4.78, 5) is 26.0. The molecule has 6 N–H and O–H groups in total. The van der Waals surface area contributed by atoms with E-state index in [0.29, 0.717) is 12.0 Å². The van der Waals surface area contributed by atoms with Crippen LogP contribution in [0.1, 0.15) is 40.9 Å². The minimum absolute atomic E-state index is 0.0377. The summed E-state index contributed by atoms with van der Waals surface area (Å²) in [7, 11) is 1.33. The summed E-state index contributed by atoms with van der Waals surface area (Å²) in [5.74, 6) is -1.48. The summed E-state index contributed by atoms with van der Waals surface area (Å²) in [6.45, 7) is 3.57. The molecule has 2 aromatic rings. The monoisotopic (exact) mass is 541 g/mol. The van der Waals surface area contributed by atoms with Gasteiger partial charge in [0.05, 0.1) is 13.7 Å². The number of carbonyl (C=O) groups excluding carboxylic acids is 2. The van der Waals surface area contributed by atoms with Crippen molar-refractivity contribution in [1.82, 2.24) is 5.32 Å². The number of amides is 1. The second-order valence-electron chi connectivity index (χ2n) is 9.60. The largest absolute Gasteiger partial charge is 0.508 e. The first-order chi connectivity index (χ1) is 18.5. The number of benzene rings is 2. The van der Waals surface area contributed by atoms with Crippen molar-refractivity contribution in [2.45, 2.75) is 51.3 Å². The van der Waals surface area contributed by atoms with Gasteiger partial charge in [-0.2, -0.15) is 0 Å². The second-order valence-corrected chi connectivity index (χ2v) is 9.60. The van der Waals surface area contributed by atoms with Crippen molar-refractivity contribution in [1.29, 1.82) is 0 Å². The number of Topliss-reactive ketones (excluding diaryl/α,β-unsaturated/α-hetero) is 1.